The molecular weight excluding hydrogens is 675 g/mol. The molecule has 2 atom stereocenters. The molecule has 0 aromatic heterocycles. The van der Waals surface area contributed by atoms with Gasteiger partial charge in [0.2, 0.25) is 5.91 Å². The number of nitrogens with one attached hydrogen (secondary N) is 1. The van der Waals surface area contributed by atoms with Gasteiger partial charge in [0.25, 0.3) is 0 Å². The average Bonchev–Trinajstić information content (AvgIpc) is 3.04. The summed E-state index contributed by atoms with van der Waals surface area (Å²) in [6.45, 7) is 10.6. The number of unbranched alkanes of at least 4 members (excludes halogenated alkanes) is 21. The Balaban J connectivity index is -0.00000337. The minimum atomic E-state index is -0.380. The van der Waals surface area contributed by atoms with E-state index in [-0.39, 0.29) is 55.2 Å². The predicted octanol–water partition coefficient (Wildman–Crippen LogP) is 0.0208. The van der Waals surface area contributed by atoms with Crippen LogP contribution in [0.2, 0.25) is 0 Å². The molecule has 1 amide bonds. The molecular formula is C39H82Cl3N6O-3. The number of carbonyl (C=O) groups excluding carboxylic acids is 1. The molecule has 10 heteroatoms. The molecule has 0 saturated heterocycles. The fraction of sp³-hybridized carbons (Fsp3) is 0.949. The zero-order valence-electron chi connectivity index (χ0n) is 32.5. The Kier molecular flexibility index (Phi) is 49.6. The van der Waals surface area contributed by atoms with Crippen molar-refractivity contribution < 1.29 is 42.0 Å². The van der Waals surface area contributed by atoms with Gasteiger partial charge in [0.15, 0.2) is 0 Å². The van der Waals surface area contributed by atoms with Crippen molar-refractivity contribution in [2.45, 2.75) is 206 Å². The number of nitrogens with zero attached hydrogens (tertiary/aromatic N) is 2. The molecule has 0 saturated carbocycles. The summed E-state index contributed by atoms with van der Waals surface area (Å²) in [6.07, 6.45) is 33.9. The van der Waals surface area contributed by atoms with Crippen LogP contribution < -0.4 is 59.7 Å². The monoisotopic (exact) mass is 756 g/mol. The van der Waals surface area contributed by atoms with E-state index in [1.54, 1.807) is 0 Å². The Morgan fingerprint density at radius 3 is 1.41 bits per heavy atom. The fourth-order valence-corrected chi connectivity index (χ4v) is 6.24. The zero-order valence-corrected chi connectivity index (χ0v) is 34.7. The minimum Gasteiger partial charge on any atom is -1.00 e. The molecule has 0 rings (SSSR count). The van der Waals surface area contributed by atoms with E-state index >= 15 is 0 Å². The van der Waals surface area contributed by atoms with Gasteiger partial charge in [-0.05, 0) is 52.0 Å². The maximum atomic E-state index is 13.4. The van der Waals surface area contributed by atoms with Crippen LogP contribution in [-0.2, 0) is 4.79 Å². The largest absolute Gasteiger partial charge is 1.00 e. The number of amidine groups is 1. The summed E-state index contributed by atoms with van der Waals surface area (Å²) in [5.74, 6) is 0.805. The second kappa shape index (κ2) is 43.9. The molecule has 0 spiro atoms. The van der Waals surface area contributed by atoms with Crippen LogP contribution in [0, 0.1) is 0 Å². The smallest absolute Gasteiger partial charge is 0.239 e. The second-order valence-corrected chi connectivity index (χ2v) is 14.1. The van der Waals surface area contributed by atoms with Crippen LogP contribution in [-0.4, -0.2) is 61.5 Å². The van der Waals surface area contributed by atoms with E-state index in [4.69, 9.17) is 17.2 Å². The number of hydrogen-bond acceptors (Lipinski definition) is 5. The lowest BCUT2D eigenvalue weighted by atomic mass is 10.0. The Hall–Kier alpha value is -0.310. The van der Waals surface area contributed by atoms with Gasteiger partial charge in [-0.2, -0.15) is 0 Å². The maximum absolute atomic E-state index is 13.4. The van der Waals surface area contributed by atoms with Gasteiger partial charge >= 0.3 is 0 Å². The Labute approximate surface area is 323 Å². The normalized spacial score (nSPS) is 12.5. The summed E-state index contributed by atoms with van der Waals surface area (Å²) in [5.41, 5.74) is 18.3. The highest BCUT2D eigenvalue weighted by Gasteiger charge is 2.20. The molecule has 0 aliphatic rings. The van der Waals surface area contributed by atoms with Gasteiger partial charge in [-0.15, -0.1) is 0 Å². The molecule has 298 valence electrons. The van der Waals surface area contributed by atoms with Gasteiger partial charge in [0.05, 0.1) is 11.9 Å². The van der Waals surface area contributed by atoms with Gasteiger partial charge in [0.1, 0.15) is 0 Å². The maximum Gasteiger partial charge on any atom is 0.239 e. The number of carbonyl (C=O) groups is 1. The molecule has 7 N–H and O–H groups in total. The number of rotatable bonds is 36. The Morgan fingerprint density at radius 1 is 0.592 bits per heavy atom. The van der Waals surface area contributed by atoms with Crippen LogP contribution >= 0.6 is 0 Å². The third-order valence-electron chi connectivity index (χ3n) is 9.31. The molecule has 0 heterocycles. The molecule has 0 bridgehead atoms. The molecule has 0 aliphatic carbocycles. The topological polar surface area (TPSA) is 123 Å². The first-order valence-corrected chi connectivity index (χ1v) is 20.2. The second-order valence-electron chi connectivity index (χ2n) is 14.1. The van der Waals surface area contributed by atoms with Crippen LogP contribution in [0.3, 0.4) is 0 Å². The van der Waals surface area contributed by atoms with Crippen LogP contribution in [0.25, 0.3) is 0 Å². The Bertz CT molecular complexity index is 685. The van der Waals surface area contributed by atoms with Gasteiger partial charge < -0.3 is 64.6 Å². The van der Waals surface area contributed by atoms with E-state index in [9.17, 15) is 4.79 Å². The Morgan fingerprint density at radius 2 is 1.00 bits per heavy atom. The van der Waals surface area contributed by atoms with Crippen molar-refractivity contribution in [1.82, 2.24) is 10.2 Å². The van der Waals surface area contributed by atoms with Crippen LogP contribution in [0.1, 0.15) is 194 Å². The average molecular weight is 757 g/mol. The molecule has 49 heavy (non-hydrogen) atoms. The van der Waals surface area contributed by atoms with Gasteiger partial charge in [-0.25, -0.2) is 0 Å². The summed E-state index contributed by atoms with van der Waals surface area (Å²) in [4.78, 5) is 19.7. The van der Waals surface area contributed by atoms with Crippen molar-refractivity contribution in [3.8, 4) is 0 Å². The zero-order chi connectivity index (χ0) is 33.9. The number of aliphatic imine (C=N–C) groups is 1. The molecule has 0 aliphatic heterocycles. The summed E-state index contributed by atoms with van der Waals surface area (Å²) >= 11 is 0. The molecule has 0 aromatic carbocycles. The molecule has 0 radical (unpaired) electrons. The molecule has 0 fully saturated rings. The lowest BCUT2D eigenvalue weighted by Crippen LogP contribution is -3.00. The highest BCUT2D eigenvalue weighted by Crippen LogP contribution is 2.14. The molecule has 2 unspecified atom stereocenters. The van der Waals surface area contributed by atoms with E-state index in [0.29, 0.717) is 5.84 Å². The third kappa shape index (κ3) is 40.3. The van der Waals surface area contributed by atoms with Crippen molar-refractivity contribution in [3.05, 3.63) is 0 Å². The summed E-state index contributed by atoms with van der Waals surface area (Å²) in [5, 5.41) is 3.47. The first-order valence-electron chi connectivity index (χ1n) is 20.2. The summed E-state index contributed by atoms with van der Waals surface area (Å²) in [7, 11) is 0. The molecule has 7 nitrogen and oxygen atoms in total. The SMILES string of the molecule is CCCCCCCCCCCCCCN(CCCCCCCCCCCC)C(=O)C(N)CCCCNCC(N)CCCN=C(C)N.[Cl-].[Cl-].[Cl-]. The van der Waals surface area contributed by atoms with Crippen molar-refractivity contribution in [2.24, 2.45) is 22.2 Å². The van der Waals surface area contributed by atoms with E-state index in [2.05, 4.69) is 29.1 Å². The lowest BCUT2D eigenvalue weighted by molar-refractivity contribution is -0.133. The molecule has 0 aromatic rings. The first kappa shape index (κ1) is 55.4. The highest BCUT2D eigenvalue weighted by atomic mass is 35.5. The van der Waals surface area contributed by atoms with Crippen molar-refractivity contribution >= 4 is 11.7 Å². The third-order valence-corrected chi connectivity index (χ3v) is 9.31. The summed E-state index contributed by atoms with van der Waals surface area (Å²) < 4.78 is 0. The summed E-state index contributed by atoms with van der Waals surface area (Å²) in [6, 6.07) is -0.244. The van der Waals surface area contributed by atoms with Crippen molar-refractivity contribution in [3.63, 3.8) is 0 Å². The predicted molar refractivity (Wildman–Crippen MR) is 204 cm³/mol. The lowest BCUT2D eigenvalue weighted by Gasteiger charge is -2.26. The van der Waals surface area contributed by atoms with Crippen LogP contribution in [0.4, 0.5) is 0 Å². The van der Waals surface area contributed by atoms with E-state index in [0.717, 1.165) is 77.7 Å². The van der Waals surface area contributed by atoms with Gasteiger partial charge in [-0.1, -0.05) is 149 Å². The van der Waals surface area contributed by atoms with E-state index in [1.165, 1.54) is 128 Å². The fourth-order valence-electron chi connectivity index (χ4n) is 6.24. The quantitative estimate of drug-likeness (QED) is 0.0409. The highest BCUT2D eigenvalue weighted by molar-refractivity contribution is 5.81. The van der Waals surface area contributed by atoms with Crippen molar-refractivity contribution in [1.29, 1.82) is 0 Å². The van der Waals surface area contributed by atoms with Gasteiger partial charge in [-0.3, -0.25) is 9.79 Å². The number of amides is 1. The minimum absolute atomic E-state index is 0. The van der Waals surface area contributed by atoms with Crippen LogP contribution in [0.15, 0.2) is 4.99 Å². The van der Waals surface area contributed by atoms with E-state index in [1.807, 2.05) is 6.92 Å². The number of nitrogens with two attached hydrogens (primary N) is 3. The van der Waals surface area contributed by atoms with Gasteiger partial charge in [0, 0.05) is 32.2 Å². The van der Waals surface area contributed by atoms with Crippen molar-refractivity contribution in [2.75, 3.05) is 32.7 Å². The van der Waals surface area contributed by atoms with Crippen LogP contribution in [0.5, 0.6) is 0 Å². The number of halogens is 3. The van der Waals surface area contributed by atoms with E-state index < -0.39 is 0 Å². The standard InChI is InChI=1S/C39H82N6O.3ClH/c1-4-6-8-10-12-14-16-17-19-21-23-27-34-45(33-26-22-20-18-15-13-11-9-7-5-2)39(46)38(42)30-24-25-31-43-35-37(41)29-28-32-44-36(3)40;;;/h37-38,43H,4-35,41-42H2,1-3H3,(H2,40,44);3*1H/p-3. The number of hydrogen-bond donors (Lipinski definition) is 4. The first-order chi connectivity index (χ1) is 22.4.